The number of aliphatic carboxylic acids is 1. The van der Waals surface area contributed by atoms with Gasteiger partial charge in [-0.25, -0.2) is 9.59 Å². The number of nitrogens with one attached hydrogen (secondary N) is 2. The van der Waals surface area contributed by atoms with Crippen molar-refractivity contribution in [1.82, 2.24) is 15.6 Å². The summed E-state index contributed by atoms with van der Waals surface area (Å²) in [5, 5.41) is 13.4. The minimum Gasteiger partial charge on any atom is -0.480 e. The molecule has 0 saturated heterocycles. The SMILES string of the molecule is NC(=O)C[C@@H](NC(=O)NCc1cccnc1)C(=O)O. The highest BCUT2D eigenvalue weighted by molar-refractivity contribution is 5.87. The van der Waals surface area contributed by atoms with Crippen LogP contribution >= 0.6 is 0 Å². The number of urea groups is 1. The maximum Gasteiger partial charge on any atom is 0.326 e. The summed E-state index contributed by atoms with van der Waals surface area (Å²) in [4.78, 5) is 36.8. The molecule has 0 saturated carbocycles. The van der Waals surface area contributed by atoms with Crippen molar-refractivity contribution in [3.05, 3.63) is 30.1 Å². The quantitative estimate of drug-likeness (QED) is 0.535. The van der Waals surface area contributed by atoms with Gasteiger partial charge < -0.3 is 21.5 Å². The molecular weight excluding hydrogens is 252 g/mol. The van der Waals surface area contributed by atoms with Crippen LogP contribution in [0.2, 0.25) is 0 Å². The maximum atomic E-state index is 11.5. The van der Waals surface area contributed by atoms with E-state index in [1.807, 2.05) is 0 Å². The summed E-state index contributed by atoms with van der Waals surface area (Å²) in [6, 6.07) is 1.43. The summed E-state index contributed by atoms with van der Waals surface area (Å²) in [6.45, 7) is 0.197. The summed E-state index contributed by atoms with van der Waals surface area (Å²) < 4.78 is 0. The van der Waals surface area contributed by atoms with Gasteiger partial charge in [0.2, 0.25) is 5.91 Å². The molecule has 5 N–H and O–H groups in total. The first-order chi connectivity index (χ1) is 8.99. The number of pyridine rings is 1. The summed E-state index contributed by atoms with van der Waals surface area (Å²) in [7, 11) is 0. The van der Waals surface area contributed by atoms with Gasteiger partial charge in [-0.05, 0) is 11.6 Å². The smallest absolute Gasteiger partial charge is 0.326 e. The molecule has 1 heterocycles. The number of nitrogens with zero attached hydrogens (tertiary/aromatic N) is 1. The van der Waals surface area contributed by atoms with E-state index >= 15 is 0 Å². The maximum absolute atomic E-state index is 11.5. The Morgan fingerprint density at radius 2 is 2.16 bits per heavy atom. The Bertz CT molecular complexity index is 463. The molecule has 3 amide bonds. The largest absolute Gasteiger partial charge is 0.480 e. The van der Waals surface area contributed by atoms with Gasteiger partial charge in [0.15, 0.2) is 0 Å². The second kappa shape index (κ2) is 6.94. The number of hydrogen-bond acceptors (Lipinski definition) is 4. The fraction of sp³-hybridized carbons (Fsp3) is 0.273. The van der Waals surface area contributed by atoms with E-state index < -0.39 is 30.4 Å². The molecule has 1 aromatic heterocycles. The number of amides is 3. The average Bonchev–Trinajstić information content (AvgIpc) is 2.36. The van der Waals surface area contributed by atoms with Crippen LogP contribution in [0, 0.1) is 0 Å². The number of primary amides is 1. The minimum absolute atomic E-state index is 0.197. The Kier molecular flexibility index (Phi) is 5.27. The number of carboxylic acid groups (broad SMARTS) is 1. The predicted octanol–water partition coefficient (Wildman–Crippen LogP) is -0.791. The molecule has 0 spiro atoms. The van der Waals surface area contributed by atoms with Gasteiger partial charge in [-0.3, -0.25) is 9.78 Å². The third-order valence-corrected chi connectivity index (χ3v) is 2.18. The van der Waals surface area contributed by atoms with E-state index in [4.69, 9.17) is 10.8 Å². The van der Waals surface area contributed by atoms with Gasteiger partial charge in [-0.1, -0.05) is 6.07 Å². The lowest BCUT2D eigenvalue weighted by Gasteiger charge is -2.13. The monoisotopic (exact) mass is 266 g/mol. The molecule has 0 fully saturated rings. The van der Waals surface area contributed by atoms with Crippen LogP contribution in [0.3, 0.4) is 0 Å². The molecule has 1 atom stereocenters. The normalized spacial score (nSPS) is 11.4. The number of hydrogen-bond donors (Lipinski definition) is 4. The highest BCUT2D eigenvalue weighted by atomic mass is 16.4. The molecule has 1 aromatic rings. The van der Waals surface area contributed by atoms with Crippen molar-refractivity contribution >= 4 is 17.9 Å². The van der Waals surface area contributed by atoms with Gasteiger partial charge in [0, 0.05) is 18.9 Å². The fourth-order valence-corrected chi connectivity index (χ4v) is 1.30. The molecule has 0 aromatic carbocycles. The number of rotatable bonds is 6. The third-order valence-electron chi connectivity index (χ3n) is 2.18. The number of carbonyl (C=O) groups is 3. The van der Waals surface area contributed by atoms with E-state index in [1.54, 1.807) is 24.5 Å². The second-order valence-electron chi connectivity index (χ2n) is 3.75. The highest BCUT2D eigenvalue weighted by Gasteiger charge is 2.21. The van der Waals surface area contributed by atoms with E-state index in [0.29, 0.717) is 0 Å². The van der Waals surface area contributed by atoms with Crippen molar-refractivity contribution in [2.24, 2.45) is 5.73 Å². The van der Waals surface area contributed by atoms with Gasteiger partial charge in [0.1, 0.15) is 6.04 Å². The van der Waals surface area contributed by atoms with Crippen molar-refractivity contribution in [3.8, 4) is 0 Å². The molecule has 0 aliphatic heterocycles. The Labute approximate surface area is 109 Å². The summed E-state index contributed by atoms with van der Waals surface area (Å²) >= 11 is 0. The lowest BCUT2D eigenvalue weighted by Crippen LogP contribution is -2.47. The molecule has 8 heteroatoms. The van der Waals surface area contributed by atoms with Crippen LogP contribution in [0.5, 0.6) is 0 Å². The van der Waals surface area contributed by atoms with E-state index in [2.05, 4.69) is 15.6 Å². The van der Waals surface area contributed by atoms with Gasteiger partial charge in [0.25, 0.3) is 0 Å². The molecule has 0 aliphatic rings. The van der Waals surface area contributed by atoms with Crippen LogP contribution in [0.15, 0.2) is 24.5 Å². The van der Waals surface area contributed by atoms with Crippen molar-refractivity contribution in [3.63, 3.8) is 0 Å². The lowest BCUT2D eigenvalue weighted by molar-refractivity contribution is -0.140. The molecule has 102 valence electrons. The van der Waals surface area contributed by atoms with Crippen LogP contribution in [0.4, 0.5) is 4.79 Å². The highest BCUT2D eigenvalue weighted by Crippen LogP contribution is 1.95. The van der Waals surface area contributed by atoms with Crippen LogP contribution in [-0.2, 0) is 16.1 Å². The molecule has 1 rings (SSSR count). The molecular formula is C11H14N4O4. The lowest BCUT2D eigenvalue weighted by atomic mass is 10.2. The number of aromatic nitrogens is 1. The van der Waals surface area contributed by atoms with Crippen LogP contribution in [0.25, 0.3) is 0 Å². The third kappa shape index (κ3) is 5.48. The zero-order chi connectivity index (χ0) is 14.3. The van der Waals surface area contributed by atoms with E-state index in [-0.39, 0.29) is 6.54 Å². The first-order valence-corrected chi connectivity index (χ1v) is 5.43. The molecule has 0 unspecified atom stereocenters. The number of carbonyl (C=O) groups excluding carboxylic acids is 2. The Morgan fingerprint density at radius 1 is 1.42 bits per heavy atom. The molecule has 8 nitrogen and oxygen atoms in total. The number of nitrogens with two attached hydrogens (primary N) is 1. The van der Waals surface area contributed by atoms with Crippen molar-refractivity contribution in [2.45, 2.75) is 19.0 Å². The van der Waals surface area contributed by atoms with Crippen molar-refractivity contribution < 1.29 is 19.5 Å². The first-order valence-electron chi connectivity index (χ1n) is 5.43. The van der Waals surface area contributed by atoms with Gasteiger partial charge >= 0.3 is 12.0 Å². The van der Waals surface area contributed by atoms with E-state index in [1.165, 1.54) is 0 Å². The fourth-order valence-electron chi connectivity index (χ4n) is 1.30. The van der Waals surface area contributed by atoms with Crippen LogP contribution < -0.4 is 16.4 Å². The van der Waals surface area contributed by atoms with Gasteiger partial charge in [0.05, 0.1) is 6.42 Å². The van der Waals surface area contributed by atoms with Crippen LogP contribution in [0.1, 0.15) is 12.0 Å². The zero-order valence-electron chi connectivity index (χ0n) is 10.00. The summed E-state index contributed by atoms with van der Waals surface area (Å²) in [5.74, 6) is -2.13. The molecule has 19 heavy (non-hydrogen) atoms. The van der Waals surface area contributed by atoms with E-state index in [9.17, 15) is 14.4 Å². The van der Waals surface area contributed by atoms with E-state index in [0.717, 1.165) is 5.56 Å². The van der Waals surface area contributed by atoms with Crippen molar-refractivity contribution in [2.75, 3.05) is 0 Å². The summed E-state index contributed by atoms with van der Waals surface area (Å²) in [6.07, 6.45) is 2.70. The zero-order valence-corrected chi connectivity index (χ0v) is 10.00. The number of carboxylic acids is 1. The Balaban J connectivity index is 2.45. The standard InChI is InChI=1S/C11H14N4O4/c12-9(16)4-8(10(17)18)15-11(19)14-6-7-2-1-3-13-5-7/h1-3,5,8H,4,6H2,(H2,12,16)(H,17,18)(H2,14,15,19)/t8-/m1/s1. The predicted molar refractivity (Wildman–Crippen MR) is 64.8 cm³/mol. The second-order valence-corrected chi connectivity index (χ2v) is 3.75. The van der Waals surface area contributed by atoms with Gasteiger partial charge in [-0.15, -0.1) is 0 Å². The van der Waals surface area contributed by atoms with Crippen LogP contribution in [-0.4, -0.2) is 34.0 Å². The molecule has 0 bridgehead atoms. The first kappa shape index (κ1) is 14.4. The average molecular weight is 266 g/mol. The minimum atomic E-state index is -1.34. The summed E-state index contributed by atoms with van der Waals surface area (Å²) in [5.41, 5.74) is 5.65. The Morgan fingerprint density at radius 3 is 2.68 bits per heavy atom. The molecule has 0 radical (unpaired) electrons. The Hall–Kier alpha value is -2.64. The topological polar surface area (TPSA) is 134 Å². The van der Waals surface area contributed by atoms with Gasteiger partial charge in [-0.2, -0.15) is 0 Å². The molecule has 0 aliphatic carbocycles. The van der Waals surface area contributed by atoms with Crippen molar-refractivity contribution in [1.29, 1.82) is 0 Å².